The van der Waals surface area contributed by atoms with Crippen LogP contribution in [-0.4, -0.2) is 13.4 Å². The minimum atomic E-state index is -3.88. The van der Waals surface area contributed by atoms with Crippen molar-refractivity contribution in [3.05, 3.63) is 76.6 Å². The van der Waals surface area contributed by atoms with Gasteiger partial charge in [-0.25, -0.2) is 17.8 Å². The SMILES string of the molecule is N#Cc1cc(NS(=O)(=O)c2ccccc2)c(-c2ccc(F)cc2)nc1Br. The van der Waals surface area contributed by atoms with E-state index in [1.54, 1.807) is 18.2 Å². The van der Waals surface area contributed by atoms with Crippen LogP contribution in [0.1, 0.15) is 5.56 Å². The van der Waals surface area contributed by atoms with Crippen LogP contribution in [0.15, 0.2) is 70.2 Å². The van der Waals surface area contributed by atoms with Gasteiger partial charge in [0.1, 0.15) is 16.5 Å². The summed E-state index contributed by atoms with van der Waals surface area (Å²) in [6.45, 7) is 0. The van der Waals surface area contributed by atoms with E-state index in [0.29, 0.717) is 5.56 Å². The number of sulfonamides is 1. The monoisotopic (exact) mass is 431 g/mol. The highest BCUT2D eigenvalue weighted by molar-refractivity contribution is 9.10. The van der Waals surface area contributed by atoms with E-state index >= 15 is 0 Å². The van der Waals surface area contributed by atoms with Crippen LogP contribution in [0.3, 0.4) is 0 Å². The molecule has 0 fully saturated rings. The summed E-state index contributed by atoms with van der Waals surface area (Å²) in [6, 6.07) is 16.6. The molecule has 0 atom stereocenters. The van der Waals surface area contributed by atoms with Gasteiger partial charge in [0.15, 0.2) is 0 Å². The molecule has 130 valence electrons. The first-order valence-electron chi connectivity index (χ1n) is 7.35. The maximum atomic E-state index is 13.2. The molecular formula is C18H11BrFN3O2S. The Morgan fingerprint density at radius 3 is 2.35 bits per heavy atom. The molecule has 0 unspecified atom stereocenters. The summed E-state index contributed by atoms with van der Waals surface area (Å²) < 4.78 is 41.2. The van der Waals surface area contributed by atoms with Crippen LogP contribution in [0.5, 0.6) is 0 Å². The molecular weight excluding hydrogens is 421 g/mol. The van der Waals surface area contributed by atoms with Crippen molar-refractivity contribution in [2.75, 3.05) is 4.72 Å². The smallest absolute Gasteiger partial charge is 0.261 e. The highest BCUT2D eigenvalue weighted by Gasteiger charge is 2.19. The molecule has 0 spiro atoms. The number of benzene rings is 2. The van der Waals surface area contributed by atoms with E-state index in [0.717, 1.165) is 0 Å². The normalized spacial score (nSPS) is 11.0. The zero-order chi connectivity index (χ0) is 18.7. The van der Waals surface area contributed by atoms with Gasteiger partial charge in [-0.15, -0.1) is 0 Å². The quantitative estimate of drug-likeness (QED) is 0.623. The summed E-state index contributed by atoms with van der Waals surface area (Å²) in [5.41, 5.74) is 1.07. The average Bonchev–Trinajstić information content (AvgIpc) is 2.64. The minimum absolute atomic E-state index is 0.0754. The number of anilines is 1. The molecule has 0 radical (unpaired) electrons. The second kappa shape index (κ2) is 7.23. The molecule has 1 heterocycles. The summed E-state index contributed by atoms with van der Waals surface area (Å²) >= 11 is 3.19. The molecule has 1 aromatic heterocycles. The molecule has 0 amide bonds. The number of hydrogen-bond acceptors (Lipinski definition) is 4. The zero-order valence-corrected chi connectivity index (χ0v) is 15.6. The molecule has 0 aliphatic carbocycles. The van der Waals surface area contributed by atoms with Crippen LogP contribution < -0.4 is 4.72 Å². The van der Waals surface area contributed by atoms with Crippen molar-refractivity contribution in [2.24, 2.45) is 0 Å². The highest BCUT2D eigenvalue weighted by atomic mass is 79.9. The van der Waals surface area contributed by atoms with Crippen molar-refractivity contribution in [1.29, 1.82) is 5.26 Å². The Bertz CT molecular complexity index is 1100. The fourth-order valence-corrected chi connectivity index (χ4v) is 3.74. The predicted molar refractivity (Wildman–Crippen MR) is 99.3 cm³/mol. The van der Waals surface area contributed by atoms with Crippen LogP contribution >= 0.6 is 15.9 Å². The largest absolute Gasteiger partial charge is 0.277 e. The van der Waals surface area contributed by atoms with Crippen LogP contribution in [-0.2, 0) is 10.0 Å². The summed E-state index contributed by atoms with van der Waals surface area (Å²) in [5, 5.41) is 9.21. The number of rotatable bonds is 4. The lowest BCUT2D eigenvalue weighted by Crippen LogP contribution is -2.14. The van der Waals surface area contributed by atoms with E-state index < -0.39 is 15.8 Å². The third-order valence-electron chi connectivity index (χ3n) is 3.51. The van der Waals surface area contributed by atoms with E-state index in [2.05, 4.69) is 25.6 Å². The number of hydrogen-bond donors (Lipinski definition) is 1. The van der Waals surface area contributed by atoms with Crippen molar-refractivity contribution in [2.45, 2.75) is 4.90 Å². The molecule has 5 nitrogen and oxygen atoms in total. The van der Waals surface area contributed by atoms with Gasteiger partial charge in [-0.3, -0.25) is 4.72 Å². The summed E-state index contributed by atoms with van der Waals surface area (Å²) in [4.78, 5) is 4.34. The fraction of sp³-hybridized carbons (Fsp3) is 0. The lowest BCUT2D eigenvalue weighted by atomic mass is 10.1. The van der Waals surface area contributed by atoms with E-state index in [1.165, 1.54) is 42.5 Å². The first-order chi connectivity index (χ1) is 12.4. The molecule has 26 heavy (non-hydrogen) atoms. The topological polar surface area (TPSA) is 82.9 Å². The number of aromatic nitrogens is 1. The van der Waals surface area contributed by atoms with Gasteiger partial charge in [-0.1, -0.05) is 18.2 Å². The Morgan fingerprint density at radius 2 is 1.73 bits per heavy atom. The first kappa shape index (κ1) is 18.0. The van der Waals surface area contributed by atoms with Crippen molar-refractivity contribution in [1.82, 2.24) is 4.98 Å². The van der Waals surface area contributed by atoms with Crippen molar-refractivity contribution >= 4 is 31.6 Å². The second-order valence-corrected chi connectivity index (χ2v) is 7.69. The molecule has 8 heteroatoms. The molecule has 3 rings (SSSR count). The second-order valence-electron chi connectivity index (χ2n) is 5.26. The van der Waals surface area contributed by atoms with E-state index in [1.807, 2.05) is 6.07 Å². The van der Waals surface area contributed by atoms with Crippen LogP contribution in [0, 0.1) is 17.1 Å². The van der Waals surface area contributed by atoms with Crippen molar-refractivity contribution in [3.8, 4) is 17.3 Å². The number of halogens is 2. The van der Waals surface area contributed by atoms with Crippen LogP contribution in [0.4, 0.5) is 10.1 Å². The van der Waals surface area contributed by atoms with Gasteiger partial charge in [0, 0.05) is 5.56 Å². The third-order valence-corrected chi connectivity index (χ3v) is 5.50. The molecule has 0 saturated heterocycles. The van der Waals surface area contributed by atoms with Gasteiger partial charge >= 0.3 is 0 Å². The Balaban J connectivity index is 2.13. The number of nitriles is 1. The van der Waals surface area contributed by atoms with E-state index in [4.69, 9.17) is 0 Å². The number of nitrogens with one attached hydrogen (secondary N) is 1. The van der Waals surface area contributed by atoms with Gasteiger partial charge in [-0.2, -0.15) is 5.26 Å². The van der Waals surface area contributed by atoms with Gasteiger partial charge in [0.25, 0.3) is 10.0 Å². The van der Waals surface area contributed by atoms with Crippen LogP contribution in [0.25, 0.3) is 11.3 Å². The van der Waals surface area contributed by atoms with Gasteiger partial charge in [0.05, 0.1) is 21.8 Å². The Kier molecular flexibility index (Phi) is 5.02. The molecule has 2 aromatic carbocycles. The predicted octanol–water partition coefficient (Wildman–Crippen LogP) is 4.32. The molecule has 0 saturated carbocycles. The summed E-state index contributed by atoms with van der Waals surface area (Å²) in [7, 11) is -3.88. The highest BCUT2D eigenvalue weighted by Crippen LogP contribution is 2.32. The molecule has 1 N–H and O–H groups in total. The molecule has 0 aliphatic rings. The van der Waals surface area contributed by atoms with Gasteiger partial charge < -0.3 is 0 Å². The van der Waals surface area contributed by atoms with E-state index in [-0.39, 0.29) is 26.4 Å². The Labute approximate surface area is 158 Å². The molecule has 3 aromatic rings. The molecule has 0 aliphatic heterocycles. The first-order valence-corrected chi connectivity index (χ1v) is 9.63. The lowest BCUT2D eigenvalue weighted by molar-refractivity contribution is 0.601. The maximum absolute atomic E-state index is 13.2. The zero-order valence-electron chi connectivity index (χ0n) is 13.1. The molecule has 0 bridgehead atoms. The summed E-state index contributed by atoms with van der Waals surface area (Å²) in [6.07, 6.45) is 0. The maximum Gasteiger partial charge on any atom is 0.261 e. The fourth-order valence-electron chi connectivity index (χ4n) is 2.28. The summed E-state index contributed by atoms with van der Waals surface area (Å²) in [5.74, 6) is -0.423. The third kappa shape index (κ3) is 3.74. The van der Waals surface area contributed by atoms with Crippen molar-refractivity contribution < 1.29 is 12.8 Å². The van der Waals surface area contributed by atoms with Crippen molar-refractivity contribution in [3.63, 3.8) is 0 Å². The Hall–Kier alpha value is -2.76. The van der Waals surface area contributed by atoms with E-state index in [9.17, 15) is 18.1 Å². The number of pyridine rings is 1. The Morgan fingerprint density at radius 1 is 1.08 bits per heavy atom. The minimum Gasteiger partial charge on any atom is -0.277 e. The van der Waals surface area contributed by atoms with Gasteiger partial charge in [-0.05, 0) is 58.4 Å². The standard InChI is InChI=1S/C18H11BrFN3O2S/c19-18-13(11-21)10-16(17(22-18)12-6-8-14(20)9-7-12)23-26(24,25)15-4-2-1-3-5-15/h1-10,23H. The van der Waals surface area contributed by atoms with Gasteiger partial charge in [0.2, 0.25) is 0 Å². The number of nitrogens with zero attached hydrogens (tertiary/aromatic N) is 2. The lowest BCUT2D eigenvalue weighted by Gasteiger charge is -2.13. The average molecular weight is 432 g/mol. The van der Waals surface area contributed by atoms with Crippen LogP contribution in [0.2, 0.25) is 0 Å².